The number of aromatic nitrogens is 1. The zero-order valence-electron chi connectivity index (χ0n) is 12.1. The molecular formula is C16H10ClFN2O2S2. The van der Waals surface area contributed by atoms with Gasteiger partial charge in [-0.3, -0.25) is 0 Å². The molecule has 0 saturated carbocycles. The average molecular weight is 381 g/mol. The lowest BCUT2D eigenvalue weighted by atomic mass is 10.3. The molecule has 0 saturated heterocycles. The van der Waals surface area contributed by atoms with Crippen LogP contribution in [0.25, 0.3) is 10.2 Å². The minimum absolute atomic E-state index is 0.0911. The zero-order chi connectivity index (χ0) is 17.3. The van der Waals surface area contributed by atoms with Gasteiger partial charge in [-0.05, 0) is 42.5 Å². The number of nitrogens with zero attached hydrogens (tertiary/aromatic N) is 2. The van der Waals surface area contributed by atoms with Crippen LogP contribution in [0, 0.1) is 18.2 Å². The molecule has 0 aliphatic carbocycles. The number of rotatable bonds is 3. The molecule has 122 valence electrons. The van der Waals surface area contributed by atoms with Crippen LogP contribution in [-0.4, -0.2) is 13.0 Å². The van der Waals surface area contributed by atoms with Crippen molar-refractivity contribution in [2.45, 2.75) is 11.4 Å². The van der Waals surface area contributed by atoms with Gasteiger partial charge in [0, 0.05) is 5.02 Å². The van der Waals surface area contributed by atoms with Gasteiger partial charge in [-0.2, -0.15) is 8.42 Å². The number of hydrogen-bond acceptors (Lipinski definition) is 3. The number of hydrogen-bond donors (Lipinski definition) is 0. The summed E-state index contributed by atoms with van der Waals surface area (Å²) in [4.78, 5) is 0.140. The number of terminal acetylenes is 1. The topological polar surface area (TPSA) is 51.4 Å². The molecule has 3 aromatic rings. The van der Waals surface area contributed by atoms with Crippen LogP contribution in [-0.2, 0) is 16.6 Å². The van der Waals surface area contributed by atoms with Gasteiger partial charge < -0.3 is 4.57 Å². The van der Waals surface area contributed by atoms with Crippen LogP contribution in [0.1, 0.15) is 0 Å². The third-order valence-corrected chi connectivity index (χ3v) is 5.88. The van der Waals surface area contributed by atoms with Gasteiger partial charge in [-0.15, -0.1) is 10.8 Å². The van der Waals surface area contributed by atoms with Gasteiger partial charge in [-0.1, -0.05) is 28.9 Å². The van der Waals surface area contributed by atoms with Crippen LogP contribution < -0.4 is 4.80 Å². The molecule has 24 heavy (non-hydrogen) atoms. The molecular weight excluding hydrogens is 371 g/mol. The molecule has 0 atom stereocenters. The van der Waals surface area contributed by atoms with E-state index in [-0.39, 0.29) is 16.2 Å². The van der Waals surface area contributed by atoms with Crippen molar-refractivity contribution in [1.82, 2.24) is 4.57 Å². The molecule has 0 bridgehead atoms. The molecule has 2 aromatic carbocycles. The first-order valence-corrected chi connectivity index (χ1v) is 9.33. The van der Waals surface area contributed by atoms with E-state index < -0.39 is 15.8 Å². The van der Waals surface area contributed by atoms with Crippen LogP contribution in [0.2, 0.25) is 5.02 Å². The number of fused-ring (bicyclic) bond motifs is 1. The molecule has 8 heteroatoms. The van der Waals surface area contributed by atoms with E-state index in [2.05, 4.69) is 10.3 Å². The molecule has 0 N–H and O–H groups in total. The Morgan fingerprint density at radius 2 is 1.96 bits per heavy atom. The molecule has 1 heterocycles. The predicted molar refractivity (Wildman–Crippen MR) is 92.8 cm³/mol. The number of halogens is 2. The van der Waals surface area contributed by atoms with Crippen molar-refractivity contribution in [3.63, 3.8) is 0 Å². The normalized spacial score (nSPS) is 12.5. The van der Waals surface area contributed by atoms with E-state index in [4.69, 9.17) is 18.0 Å². The van der Waals surface area contributed by atoms with Crippen LogP contribution in [0.3, 0.4) is 0 Å². The van der Waals surface area contributed by atoms with Gasteiger partial charge >= 0.3 is 0 Å². The molecule has 0 spiro atoms. The maximum Gasteiger partial charge on any atom is 0.285 e. The fourth-order valence-corrected chi connectivity index (χ4v) is 4.63. The van der Waals surface area contributed by atoms with Crippen molar-refractivity contribution in [3.8, 4) is 12.3 Å². The monoisotopic (exact) mass is 380 g/mol. The van der Waals surface area contributed by atoms with Crippen molar-refractivity contribution in [1.29, 1.82) is 0 Å². The van der Waals surface area contributed by atoms with E-state index in [0.29, 0.717) is 5.02 Å². The minimum atomic E-state index is -3.98. The van der Waals surface area contributed by atoms with Crippen molar-refractivity contribution < 1.29 is 12.8 Å². The first-order chi connectivity index (χ1) is 11.4. The molecule has 0 aliphatic heterocycles. The lowest BCUT2D eigenvalue weighted by Gasteiger charge is -2.01. The Morgan fingerprint density at radius 1 is 1.25 bits per heavy atom. The Morgan fingerprint density at radius 3 is 2.62 bits per heavy atom. The van der Waals surface area contributed by atoms with Gasteiger partial charge in [0.15, 0.2) is 0 Å². The second-order valence-electron chi connectivity index (χ2n) is 4.81. The maximum atomic E-state index is 13.0. The van der Waals surface area contributed by atoms with Crippen molar-refractivity contribution in [3.05, 3.63) is 58.1 Å². The third-order valence-electron chi connectivity index (χ3n) is 3.20. The third kappa shape index (κ3) is 3.22. The maximum absolute atomic E-state index is 13.0. The second-order valence-corrected chi connectivity index (χ2v) is 7.86. The Labute approximate surface area is 146 Å². The first-order valence-electron chi connectivity index (χ1n) is 6.69. The standard InChI is InChI=1S/C16H10ClFN2O2S2/c1-2-9-20-14-8-3-11(17)10-15(14)23-16(20)19-24(21,22)13-6-4-12(18)5-7-13/h1,3-8,10H,9H2/b19-16-. The quantitative estimate of drug-likeness (QED) is 0.654. The lowest BCUT2D eigenvalue weighted by Crippen LogP contribution is -2.16. The Kier molecular flexibility index (Phi) is 4.45. The number of sulfonamides is 1. The smallest absolute Gasteiger partial charge is 0.285 e. The summed E-state index contributed by atoms with van der Waals surface area (Å²) in [5.41, 5.74) is 0.746. The summed E-state index contributed by atoms with van der Waals surface area (Å²) >= 11 is 7.14. The molecule has 0 amide bonds. The summed E-state index contributed by atoms with van der Waals surface area (Å²) < 4.78 is 44.1. The molecule has 4 nitrogen and oxygen atoms in total. The molecule has 1 aromatic heterocycles. The summed E-state index contributed by atoms with van der Waals surface area (Å²) in [6.45, 7) is 0.166. The Balaban J connectivity index is 2.24. The van der Waals surface area contributed by atoms with Gasteiger partial charge in [0.25, 0.3) is 10.0 Å². The SMILES string of the molecule is C#CCn1/c(=N/S(=O)(=O)c2ccc(F)cc2)sc2cc(Cl)ccc21. The highest BCUT2D eigenvalue weighted by Gasteiger charge is 2.15. The van der Waals surface area contributed by atoms with Crippen LogP contribution in [0.4, 0.5) is 4.39 Å². The van der Waals surface area contributed by atoms with Crippen LogP contribution in [0.5, 0.6) is 0 Å². The van der Waals surface area contributed by atoms with E-state index in [1.54, 1.807) is 22.8 Å². The average Bonchev–Trinajstić information content (AvgIpc) is 2.84. The summed E-state index contributed by atoms with van der Waals surface area (Å²) in [5.74, 6) is 1.96. The van der Waals surface area contributed by atoms with Gasteiger partial charge in [0.05, 0.1) is 21.7 Å². The Bertz CT molecular complexity index is 1120. The van der Waals surface area contributed by atoms with Gasteiger partial charge in [-0.25, -0.2) is 4.39 Å². The van der Waals surface area contributed by atoms with E-state index in [9.17, 15) is 12.8 Å². The summed E-state index contributed by atoms with van der Waals surface area (Å²) in [5, 5.41) is 0.532. The highest BCUT2D eigenvalue weighted by molar-refractivity contribution is 7.90. The Hall–Kier alpha value is -2.14. The van der Waals surface area contributed by atoms with E-state index in [0.717, 1.165) is 22.3 Å². The minimum Gasteiger partial charge on any atom is -0.304 e. The van der Waals surface area contributed by atoms with Crippen LogP contribution >= 0.6 is 22.9 Å². The lowest BCUT2D eigenvalue weighted by molar-refractivity contribution is 0.594. The first kappa shape index (κ1) is 16.7. The zero-order valence-corrected chi connectivity index (χ0v) is 14.5. The predicted octanol–water partition coefficient (Wildman–Crippen LogP) is 3.42. The van der Waals surface area contributed by atoms with E-state index >= 15 is 0 Å². The summed E-state index contributed by atoms with van der Waals surface area (Å²) in [6.07, 6.45) is 5.38. The molecule has 0 radical (unpaired) electrons. The van der Waals surface area contributed by atoms with Gasteiger partial charge in [0.2, 0.25) is 4.80 Å². The molecule has 3 rings (SSSR count). The summed E-state index contributed by atoms with van der Waals surface area (Å²) in [6, 6.07) is 9.66. The van der Waals surface area contributed by atoms with Crippen molar-refractivity contribution >= 4 is 43.2 Å². The highest BCUT2D eigenvalue weighted by atomic mass is 35.5. The van der Waals surface area contributed by atoms with E-state index in [1.807, 2.05) is 0 Å². The number of thiazole rings is 1. The second kappa shape index (κ2) is 6.40. The van der Waals surface area contributed by atoms with Gasteiger partial charge in [0.1, 0.15) is 5.82 Å². The van der Waals surface area contributed by atoms with Crippen LogP contribution in [0.15, 0.2) is 51.8 Å². The molecule has 0 unspecified atom stereocenters. The molecule has 0 fully saturated rings. The largest absolute Gasteiger partial charge is 0.304 e. The van der Waals surface area contributed by atoms with Crippen molar-refractivity contribution in [2.24, 2.45) is 4.40 Å². The summed E-state index contributed by atoms with van der Waals surface area (Å²) in [7, 11) is -3.98. The van der Waals surface area contributed by atoms with Crippen molar-refractivity contribution in [2.75, 3.05) is 0 Å². The fourth-order valence-electron chi connectivity index (χ4n) is 2.12. The van der Waals surface area contributed by atoms with E-state index in [1.165, 1.54) is 23.5 Å². The fraction of sp³-hybridized carbons (Fsp3) is 0.0625. The number of benzene rings is 2. The molecule has 0 aliphatic rings. The highest BCUT2D eigenvalue weighted by Crippen LogP contribution is 2.22.